The molecule has 0 N–H and O–H groups in total. The Morgan fingerprint density at radius 1 is 0.967 bits per heavy atom. The Morgan fingerprint density at radius 2 is 1.67 bits per heavy atom. The molecular formula is C20H16F4KNO3S. The summed E-state index contributed by atoms with van der Waals surface area (Å²) in [7, 11) is -4.20. The molecule has 154 valence electrons. The first-order valence-electron chi connectivity index (χ1n) is 8.60. The third-order valence-electron chi connectivity index (χ3n) is 3.94. The Labute approximate surface area is 214 Å². The van der Waals surface area contributed by atoms with E-state index < -0.39 is 40.6 Å². The molecular weight excluding hydrogens is 449 g/mol. The number of benzene rings is 3. The molecule has 3 aromatic rings. The minimum atomic E-state index is -4.45. The summed E-state index contributed by atoms with van der Waals surface area (Å²) in [5.41, 5.74) is -0.257. The molecule has 30 heavy (non-hydrogen) atoms. The van der Waals surface area contributed by atoms with Gasteiger partial charge in [-0.2, -0.15) is 13.2 Å². The van der Waals surface area contributed by atoms with E-state index in [1.165, 1.54) is 6.07 Å². The maximum atomic E-state index is 13.9. The Balaban J connectivity index is 0.00000320. The van der Waals surface area contributed by atoms with Crippen LogP contribution in [-0.2, 0) is 10.0 Å². The number of hydrogen-bond donors (Lipinski definition) is 0. The summed E-state index contributed by atoms with van der Waals surface area (Å²) in [5, 5.41) is 1.68. The fourth-order valence-electron chi connectivity index (χ4n) is 2.73. The van der Waals surface area contributed by atoms with E-state index in [4.69, 9.17) is 4.74 Å². The zero-order valence-electron chi connectivity index (χ0n) is 16.0. The number of alkyl halides is 3. The molecule has 0 aliphatic rings. The maximum Gasteiger partial charge on any atom is 1.00 e. The summed E-state index contributed by atoms with van der Waals surface area (Å²) in [6, 6.07) is 15.8. The predicted molar refractivity (Wildman–Crippen MR) is 103 cm³/mol. The summed E-state index contributed by atoms with van der Waals surface area (Å²) >= 11 is 0. The van der Waals surface area contributed by atoms with Gasteiger partial charge >= 0.3 is 57.6 Å². The van der Waals surface area contributed by atoms with Gasteiger partial charge in [0.05, 0.1) is 10.0 Å². The van der Waals surface area contributed by atoms with Gasteiger partial charge in [0.2, 0.25) is 0 Å². The zero-order valence-corrected chi connectivity index (χ0v) is 19.9. The first-order valence-corrected chi connectivity index (χ1v) is 10.2. The van der Waals surface area contributed by atoms with Crippen molar-refractivity contribution in [3.05, 3.63) is 71.2 Å². The molecule has 3 aromatic carbocycles. The fourth-order valence-corrected chi connectivity index (χ4v) is 3.76. The van der Waals surface area contributed by atoms with Gasteiger partial charge in [0, 0.05) is 23.6 Å². The number of nitrogens with zero attached hydrogens (tertiary/aromatic N) is 1. The van der Waals surface area contributed by atoms with Crippen molar-refractivity contribution in [2.24, 2.45) is 0 Å². The van der Waals surface area contributed by atoms with Crippen LogP contribution in [0.5, 0.6) is 11.5 Å². The van der Waals surface area contributed by atoms with Crippen molar-refractivity contribution in [3.8, 4) is 11.5 Å². The molecule has 0 unspecified atom stereocenters. The van der Waals surface area contributed by atoms with Crippen LogP contribution in [0.4, 0.5) is 23.2 Å². The Bertz CT molecular complexity index is 1120. The van der Waals surface area contributed by atoms with Crippen molar-refractivity contribution in [2.45, 2.75) is 19.0 Å². The van der Waals surface area contributed by atoms with Gasteiger partial charge in [0.1, 0.15) is 17.3 Å². The van der Waals surface area contributed by atoms with E-state index in [-0.39, 0.29) is 62.8 Å². The molecule has 0 atom stereocenters. The van der Waals surface area contributed by atoms with E-state index in [2.05, 4.69) is 4.72 Å². The Morgan fingerprint density at radius 3 is 2.40 bits per heavy atom. The van der Waals surface area contributed by atoms with E-state index in [1.54, 1.807) is 12.1 Å². The van der Waals surface area contributed by atoms with Gasteiger partial charge in [-0.15, -0.1) is 5.69 Å². The zero-order chi connectivity index (χ0) is 21.1. The first-order chi connectivity index (χ1) is 13.6. The summed E-state index contributed by atoms with van der Waals surface area (Å²) in [6.45, 7) is 0. The number of halogens is 4. The maximum absolute atomic E-state index is 13.9. The minimum Gasteiger partial charge on any atom is -0.577 e. The van der Waals surface area contributed by atoms with E-state index in [1.807, 2.05) is 30.3 Å². The van der Waals surface area contributed by atoms with Gasteiger partial charge in [0.25, 0.3) is 0 Å². The molecule has 0 saturated carbocycles. The van der Waals surface area contributed by atoms with Crippen LogP contribution in [0.1, 0.15) is 12.8 Å². The van der Waals surface area contributed by atoms with Crippen LogP contribution in [0.2, 0.25) is 0 Å². The molecule has 0 spiro atoms. The van der Waals surface area contributed by atoms with Crippen molar-refractivity contribution in [1.82, 2.24) is 0 Å². The number of sulfonamides is 1. The van der Waals surface area contributed by atoms with E-state index in [0.29, 0.717) is 5.75 Å². The molecule has 3 rings (SSSR count). The second-order valence-electron chi connectivity index (χ2n) is 6.32. The van der Waals surface area contributed by atoms with Gasteiger partial charge in [-0.05, 0) is 30.0 Å². The molecule has 0 heterocycles. The van der Waals surface area contributed by atoms with Crippen LogP contribution in [0.3, 0.4) is 0 Å². The van der Waals surface area contributed by atoms with E-state index >= 15 is 0 Å². The molecule has 0 bridgehead atoms. The predicted octanol–water partition coefficient (Wildman–Crippen LogP) is 3.45. The molecule has 10 heteroatoms. The minimum absolute atomic E-state index is 0. The van der Waals surface area contributed by atoms with Crippen LogP contribution in [-0.4, -0.2) is 20.3 Å². The quantitative estimate of drug-likeness (QED) is 0.397. The van der Waals surface area contributed by atoms with Gasteiger partial charge < -0.3 is 9.46 Å². The normalized spacial score (nSPS) is 11.7. The fraction of sp³-hybridized carbons (Fsp3) is 0.200. The number of hydrogen-bond acceptors (Lipinski definition) is 3. The number of ether oxygens (including phenoxy) is 1. The number of fused-ring (bicyclic) bond motifs is 1. The average Bonchev–Trinajstić information content (AvgIpc) is 2.59. The smallest absolute Gasteiger partial charge is 0.577 e. The van der Waals surface area contributed by atoms with Crippen molar-refractivity contribution in [2.75, 3.05) is 5.75 Å². The summed E-state index contributed by atoms with van der Waals surface area (Å²) < 4.78 is 83.5. The van der Waals surface area contributed by atoms with Crippen LogP contribution < -0.4 is 56.1 Å². The molecule has 0 saturated heterocycles. The van der Waals surface area contributed by atoms with Crippen molar-refractivity contribution >= 4 is 26.5 Å². The van der Waals surface area contributed by atoms with E-state index in [0.717, 1.165) is 22.9 Å². The summed E-state index contributed by atoms with van der Waals surface area (Å²) in [4.78, 5) is 0. The first kappa shape index (κ1) is 25.1. The second kappa shape index (κ2) is 10.4. The average molecular weight is 466 g/mol. The summed E-state index contributed by atoms with van der Waals surface area (Å²) in [6.07, 6.45) is -6.31. The number of rotatable bonds is 7. The Kier molecular flexibility index (Phi) is 8.72. The van der Waals surface area contributed by atoms with Crippen molar-refractivity contribution in [3.63, 3.8) is 0 Å². The standard InChI is InChI=1S/C20H16F4NO3S.K/c21-15-11-16(25-29(26,27)10-4-9-20(22,23)24)13-17(12-15)28-19-8-3-6-14-5-1-2-7-18(14)19;/h1-3,5-8,11-13H,4,9-10H2;/q-1;+1. The molecule has 0 radical (unpaired) electrons. The van der Waals surface area contributed by atoms with Crippen molar-refractivity contribution < 1.29 is 82.1 Å². The third kappa shape index (κ3) is 7.51. The third-order valence-corrected chi connectivity index (χ3v) is 5.23. The van der Waals surface area contributed by atoms with Crippen molar-refractivity contribution in [1.29, 1.82) is 0 Å². The molecule has 0 aromatic heterocycles. The molecule has 0 aliphatic carbocycles. The van der Waals surface area contributed by atoms with Crippen LogP contribution >= 0.6 is 0 Å². The van der Waals surface area contributed by atoms with Gasteiger partial charge in [-0.3, -0.25) is 0 Å². The molecule has 0 aliphatic heterocycles. The topological polar surface area (TPSA) is 57.5 Å². The van der Waals surface area contributed by atoms with Crippen LogP contribution in [0.15, 0.2) is 60.7 Å². The van der Waals surface area contributed by atoms with Gasteiger partial charge in [-0.25, -0.2) is 12.8 Å². The van der Waals surface area contributed by atoms with Crippen LogP contribution in [0.25, 0.3) is 15.5 Å². The SMILES string of the molecule is O=S(=O)(CCCC(F)(F)F)[N-]c1cc(F)cc(Oc2cccc3ccccc23)c1.[K+]. The molecule has 0 fully saturated rings. The van der Waals surface area contributed by atoms with Gasteiger partial charge in [-0.1, -0.05) is 36.4 Å². The Hall–Kier alpha value is -1.17. The van der Waals surface area contributed by atoms with Crippen LogP contribution in [0, 0.1) is 5.82 Å². The van der Waals surface area contributed by atoms with Gasteiger partial charge in [0.15, 0.2) is 0 Å². The largest absolute Gasteiger partial charge is 1.00 e. The summed E-state index contributed by atoms with van der Waals surface area (Å²) in [5.74, 6) is -1.12. The molecule has 4 nitrogen and oxygen atoms in total. The second-order valence-corrected chi connectivity index (χ2v) is 8.08. The van der Waals surface area contributed by atoms with E-state index in [9.17, 15) is 26.0 Å². The molecule has 0 amide bonds. The monoisotopic (exact) mass is 465 g/mol.